The lowest BCUT2D eigenvalue weighted by Crippen LogP contribution is -2.04. The Kier molecular flexibility index (Phi) is 4.45. The Morgan fingerprint density at radius 3 is 1.88 bits per heavy atom. The molecule has 0 aliphatic carbocycles. The van der Waals surface area contributed by atoms with Crippen molar-refractivity contribution in [2.24, 2.45) is 0 Å². The molecule has 2 aromatic carbocycles. The predicted molar refractivity (Wildman–Crippen MR) is 98.7 cm³/mol. The van der Waals surface area contributed by atoms with Crippen LogP contribution >= 0.6 is 23.2 Å². The lowest BCUT2D eigenvalue weighted by Gasteiger charge is -2.16. The first-order chi connectivity index (χ1) is 11.3. The number of hydrogen-bond acceptors (Lipinski definition) is 3. The highest BCUT2D eigenvalue weighted by Gasteiger charge is 2.18. The summed E-state index contributed by atoms with van der Waals surface area (Å²) in [6, 6.07) is 7.32. The van der Waals surface area contributed by atoms with Gasteiger partial charge in [-0.2, -0.15) is 0 Å². The van der Waals surface area contributed by atoms with Crippen LogP contribution in [0.2, 0.25) is 10.0 Å². The minimum Gasteiger partial charge on any atom is -0.505 e. The van der Waals surface area contributed by atoms with Crippen LogP contribution in [0.1, 0.15) is 50.7 Å². The number of aromatic nitrogens is 3. The topological polar surface area (TPSA) is 50.9 Å². The second-order valence-corrected chi connectivity index (χ2v) is 7.35. The van der Waals surface area contributed by atoms with Gasteiger partial charge in [-0.05, 0) is 41.2 Å². The smallest absolute Gasteiger partial charge is 0.146 e. The number of rotatable bonds is 3. The maximum absolute atomic E-state index is 10.7. The van der Waals surface area contributed by atoms with Crippen molar-refractivity contribution in [2.75, 3.05) is 0 Å². The van der Waals surface area contributed by atoms with E-state index in [1.54, 1.807) is 12.1 Å². The maximum Gasteiger partial charge on any atom is 0.146 e. The molecule has 0 aliphatic rings. The van der Waals surface area contributed by atoms with Crippen molar-refractivity contribution in [3.05, 3.63) is 45.4 Å². The number of phenolic OH excluding ortho intramolecular Hbond substituents is 1. The molecule has 0 amide bonds. The summed E-state index contributed by atoms with van der Waals surface area (Å²) in [5, 5.41) is 20.5. The molecule has 1 heterocycles. The van der Waals surface area contributed by atoms with Gasteiger partial charge in [-0.25, -0.2) is 0 Å². The van der Waals surface area contributed by atoms with Crippen molar-refractivity contribution in [2.45, 2.75) is 39.5 Å². The second kappa shape index (κ2) is 6.26. The summed E-state index contributed by atoms with van der Waals surface area (Å²) in [4.78, 5) is 1.45. The summed E-state index contributed by atoms with van der Waals surface area (Å²) in [6.07, 6.45) is 0. The van der Waals surface area contributed by atoms with E-state index in [1.165, 1.54) is 4.80 Å². The van der Waals surface area contributed by atoms with Gasteiger partial charge >= 0.3 is 0 Å². The summed E-state index contributed by atoms with van der Waals surface area (Å²) >= 11 is 12.1. The number of phenols is 1. The lowest BCUT2D eigenvalue weighted by molar-refractivity contribution is 0.457. The van der Waals surface area contributed by atoms with Crippen LogP contribution in [-0.2, 0) is 0 Å². The van der Waals surface area contributed by atoms with Crippen molar-refractivity contribution in [1.82, 2.24) is 15.0 Å². The van der Waals surface area contributed by atoms with Crippen molar-refractivity contribution in [1.29, 1.82) is 0 Å². The largest absolute Gasteiger partial charge is 0.505 e. The predicted octanol–water partition coefficient (Wildman–Crippen LogP) is 5.68. The van der Waals surface area contributed by atoms with E-state index in [2.05, 4.69) is 37.9 Å². The maximum atomic E-state index is 10.7. The van der Waals surface area contributed by atoms with Crippen molar-refractivity contribution < 1.29 is 5.11 Å². The zero-order chi connectivity index (χ0) is 17.6. The van der Waals surface area contributed by atoms with Gasteiger partial charge in [0.25, 0.3) is 0 Å². The Labute approximate surface area is 151 Å². The van der Waals surface area contributed by atoms with Gasteiger partial charge in [-0.1, -0.05) is 57.0 Å². The first-order valence-corrected chi connectivity index (χ1v) is 8.62. The van der Waals surface area contributed by atoms with E-state index in [1.807, 2.05) is 12.1 Å². The van der Waals surface area contributed by atoms with Gasteiger partial charge in [0.05, 0.1) is 10.0 Å². The van der Waals surface area contributed by atoms with Crippen molar-refractivity contribution in [3.63, 3.8) is 0 Å². The van der Waals surface area contributed by atoms with Crippen molar-refractivity contribution in [3.8, 4) is 11.4 Å². The Balaban J connectivity index is 2.24. The van der Waals surface area contributed by atoms with Crippen LogP contribution in [0.5, 0.6) is 5.75 Å². The van der Waals surface area contributed by atoms with Crippen LogP contribution in [0, 0.1) is 0 Å². The van der Waals surface area contributed by atoms with Crippen molar-refractivity contribution >= 4 is 34.2 Å². The first kappa shape index (κ1) is 17.1. The molecule has 0 atom stereocenters. The fraction of sp³-hybridized carbons (Fsp3) is 0.333. The number of aromatic hydroxyl groups is 1. The number of halogens is 2. The van der Waals surface area contributed by atoms with E-state index in [0.717, 1.165) is 11.1 Å². The monoisotopic (exact) mass is 363 g/mol. The molecule has 1 N–H and O–H groups in total. The zero-order valence-electron chi connectivity index (χ0n) is 14.0. The van der Waals surface area contributed by atoms with E-state index in [-0.39, 0.29) is 11.7 Å². The molecule has 0 fully saturated rings. The van der Waals surface area contributed by atoms with Gasteiger partial charge < -0.3 is 5.11 Å². The lowest BCUT2D eigenvalue weighted by atomic mass is 9.94. The number of hydrogen-bond donors (Lipinski definition) is 1. The van der Waals surface area contributed by atoms with Gasteiger partial charge in [-0.3, -0.25) is 0 Å². The molecule has 6 heteroatoms. The van der Waals surface area contributed by atoms with Gasteiger partial charge in [0, 0.05) is 0 Å². The molecular formula is C18H19Cl2N3O. The molecule has 126 valence electrons. The Morgan fingerprint density at radius 2 is 1.42 bits per heavy atom. The van der Waals surface area contributed by atoms with E-state index in [0.29, 0.717) is 32.7 Å². The SMILES string of the molecule is CC(C)c1cc(C(C)C)c(O)c(-n2nc3cc(Cl)c(Cl)cc3n2)c1. The highest BCUT2D eigenvalue weighted by atomic mass is 35.5. The average Bonchev–Trinajstić information content (AvgIpc) is 2.89. The van der Waals surface area contributed by atoms with E-state index in [4.69, 9.17) is 23.2 Å². The molecule has 3 aromatic rings. The third-order valence-corrected chi connectivity index (χ3v) is 4.79. The van der Waals surface area contributed by atoms with Crippen LogP contribution in [0.3, 0.4) is 0 Å². The van der Waals surface area contributed by atoms with Crippen LogP contribution < -0.4 is 0 Å². The number of benzene rings is 2. The summed E-state index contributed by atoms with van der Waals surface area (Å²) < 4.78 is 0. The van der Waals surface area contributed by atoms with Crippen LogP contribution in [0.4, 0.5) is 0 Å². The molecule has 4 nitrogen and oxygen atoms in total. The molecule has 0 bridgehead atoms. The molecule has 24 heavy (non-hydrogen) atoms. The quantitative estimate of drug-likeness (QED) is 0.650. The highest BCUT2D eigenvalue weighted by Crippen LogP contribution is 2.35. The molecule has 1 aromatic heterocycles. The molecule has 0 radical (unpaired) electrons. The third-order valence-electron chi connectivity index (χ3n) is 4.07. The van der Waals surface area contributed by atoms with Crippen LogP contribution in [0.25, 0.3) is 16.7 Å². The van der Waals surface area contributed by atoms with Gasteiger partial charge in [0.15, 0.2) is 0 Å². The average molecular weight is 364 g/mol. The van der Waals surface area contributed by atoms with Crippen LogP contribution in [-0.4, -0.2) is 20.1 Å². The van der Waals surface area contributed by atoms with E-state index < -0.39 is 0 Å². The Hall–Kier alpha value is -1.78. The first-order valence-electron chi connectivity index (χ1n) is 7.87. The number of fused-ring (bicyclic) bond motifs is 1. The van der Waals surface area contributed by atoms with Gasteiger partial charge in [-0.15, -0.1) is 15.0 Å². The van der Waals surface area contributed by atoms with E-state index in [9.17, 15) is 5.11 Å². The molecule has 0 aliphatic heterocycles. The minimum absolute atomic E-state index is 0.191. The molecule has 3 rings (SSSR count). The number of nitrogens with zero attached hydrogens (tertiary/aromatic N) is 3. The molecule has 0 unspecified atom stereocenters. The molecule has 0 saturated carbocycles. The normalized spacial score (nSPS) is 11.8. The summed E-state index contributed by atoms with van der Waals surface area (Å²) in [5.74, 6) is 0.721. The van der Waals surface area contributed by atoms with Gasteiger partial charge in [0.1, 0.15) is 22.5 Å². The standard InChI is InChI=1S/C18H19Cl2N3O/c1-9(2)11-5-12(10(3)4)18(24)17(6-11)23-21-15-7-13(19)14(20)8-16(15)22-23/h5-10,24H,1-4H3. The van der Waals surface area contributed by atoms with Crippen LogP contribution in [0.15, 0.2) is 24.3 Å². The molecule has 0 spiro atoms. The highest BCUT2D eigenvalue weighted by molar-refractivity contribution is 6.42. The summed E-state index contributed by atoms with van der Waals surface area (Å²) in [6.45, 7) is 8.34. The fourth-order valence-corrected chi connectivity index (χ4v) is 2.93. The summed E-state index contributed by atoms with van der Waals surface area (Å²) in [5.41, 5.74) is 3.83. The second-order valence-electron chi connectivity index (χ2n) is 6.53. The molecule has 0 saturated heterocycles. The molecular weight excluding hydrogens is 345 g/mol. The minimum atomic E-state index is 0.191. The summed E-state index contributed by atoms with van der Waals surface area (Å²) in [7, 11) is 0. The van der Waals surface area contributed by atoms with E-state index >= 15 is 0 Å². The van der Waals surface area contributed by atoms with Gasteiger partial charge in [0.2, 0.25) is 0 Å². The zero-order valence-corrected chi connectivity index (χ0v) is 15.5. The fourth-order valence-electron chi connectivity index (χ4n) is 2.61. The Morgan fingerprint density at radius 1 is 0.875 bits per heavy atom. The Bertz CT molecular complexity index is 877. The third kappa shape index (κ3) is 2.96.